The Morgan fingerprint density at radius 3 is 2.70 bits per heavy atom. The second-order valence-electron chi connectivity index (χ2n) is 5.47. The summed E-state index contributed by atoms with van der Waals surface area (Å²) in [7, 11) is -3.53. The van der Waals surface area contributed by atoms with E-state index >= 15 is 0 Å². The van der Waals surface area contributed by atoms with Crippen LogP contribution in [-0.2, 0) is 9.84 Å². The quantitative estimate of drug-likeness (QED) is 0.844. The van der Waals surface area contributed by atoms with E-state index in [-0.39, 0.29) is 36.7 Å². The van der Waals surface area contributed by atoms with E-state index in [0.29, 0.717) is 5.56 Å². The number of benzene rings is 1. The molecular weight excluding hydrogens is 321 g/mol. The minimum atomic E-state index is -3.53. The molecular formula is C16H16FNO4S. The van der Waals surface area contributed by atoms with E-state index in [1.807, 2.05) is 0 Å². The summed E-state index contributed by atoms with van der Waals surface area (Å²) in [4.78, 5) is 13.8. The summed E-state index contributed by atoms with van der Waals surface area (Å²) in [5, 5.41) is -0.925. The summed E-state index contributed by atoms with van der Waals surface area (Å²) in [6, 6.07) is 7.43. The number of hydrogen-bond acceptors (Lipinski definition) is 4. The first-order valence-corrected chi connectivity index (χ1v) is 8.98. The first-order valence-electron chi connectivity index (χ1n) is 7.26. The number of sulfone groups is 1. The molecule has 0 unspecified atom stereocenters. The Labute approximate surface area is 133 Å². The van der Waals surface area contributed by atoms with Gasteiger partial charge in [-0.05, 0) is 18.6 Å². The highest BCUT2D eigenvalue weighted by atomic mass is 32.2. The first-order chi connectivity index (χ1) is 11.0. The van der Waals surface area contributed by atoms with Crippen molar-refractivity contribution in [2.75, 3.05) is 18.8 Å². The Morgan fingerprint density at radius 2 is 2.00 bits per heavy atom. The van der Waals surface area contributed by atoms with Gasteiger partial charge in [-0.3, -0.25) is 4.79 Å². The molecule has 1 saturated heterocycles. The van der Waals surface area contributed by atoms with Gasteiger partial charge in [0.1, 0.15) is 12.1 Å². The van der Waals surface area contributed by atoms with Gasteiger partial charge < -0.3 is 9.32 Å². The van der Waals surface area contributed by atoms with Gasteiger partial charge in [0.15, 0.2) is 9.84 Å². The summed E-state index contributed by atoms with van der Waals surface area (Å²) in [5.74, 6) is -0.992. The maximum Gasteiger partial charge on any atom is 0.257 e. The Bertz CT molecular complexity index is 801. The van der Waals surface area contributed by atoms with Crippen LogP contribution in [0.2, 0.25) is 0 Å². The number of carbonyl (C=O) groups is 1. The van der Waals surface area contributed by atoms with Gasteiger partial charge in [-0.1, -0.05) is 18.2 Å². The standard InChI is InChI=1S/C16H16FNO4S/c17-14-4-2-1-3-13(14)15-5-7-18(8-10-23(15,20)21)16(19)12-6-9-22-11-12/h1-4,6,9,11,15H,5,7-8,10H2/t15-/m0/s1. The van der Waals surface area contributed by atoms with Crippen LogP contribution in [0.15, 0.2) is 47.3 Å². The van der Waals surface area contributed by atoms with Crippen molar-refractivity contribution in [1.29, 1.82) is 0 Å². The third kappa shape index (κ3) is 3.14. The minimum Gasteiger partial charge on any atom is -0.472 e. The van der Waals surface area contributed by atoms with Crippen molar-refractivity contribution in [2.45, 2.75) is 11.7 Å². The number of amides is 1. The van der Waals surface area contributed by atoms with Gasteiger partial charge in [0.25, 0.3) is 5.91 Å². The van der Waals surface area contributed by atoms with E-state index in [4.69, 9.17) is 4.42 Å². The van der Waals surface area contributed by atoms with Crippen LogP contribution >= 0.6 is 0 Å². The summed E-state index contributed by atoms with van der Waals surface area (Å²) < 4.78 is 43.8. The molecule has 1 aliphatic rings. The van der Waals surface area contributed by atoms with E-state index in [1.165, 1.54) is 41.7 Å². The molecule has 5 nitrogen and oxygen atoms in total. The second kappa shape index (κ2) is 6.16. The summed E-state index contributed by atoms with van der Waals surface area (Å²) in [5.41, 5.74) is 0.553. The van der Waals surface area contributed by atoms with Crippen molar-refractivity contribution < 1.29 is 22.0 Å². The molecule has 1 atom stereocenters. The van der Waals surface area contributed by atoms with Gasteiger partial charge >= 0.3 is 0 Å². The molecule has 1 aromatic carbocycles. The van der Waals surface area contributed by atoms with E-state index in [2.05, 4.69) is 0 Å². The van der Waals surface area contributed by atoms with Crippen molar-refractivity contribution in [3.63, 3.8) is 0 Å². The third-order valence-electron chi connectivity index (χ3n) is 4.05. The molecule has 1 amide bonds. The molecule has 3 rings (SSSR count). The zero-order valence-electron chi connectivity index (χ0n) is 12.3. The molecule has 2 heterocycles. The normalized spacial score (nSPS) is 20.9. The van der Waals surface area contributed by atoms with Crippen LogP contribution in [0.1, 0.15) is 27.6 Å². The monoisotopic (exact) mass is 337 g/mol. The van der Waals surface area contributed by atoms with Crippen LogP contribution in [-0.4, -0.2) is 38.1 Å². The fraction of sp³-hybridized carbons (Fsp3) is 0.312. The molecule has 0 N–H and O–H groups in total. The Kier molecular flexibility index (Phi) is 4.21. The zero-order chi connectivity index (χ0) is 16.4. The highest BCUT2D eigenvalue weighted by Gasteiger charge is 2.34. The molecule has 0 spiro atoms. The smallest absolute Gasteiger partial charge is 0.257 e. The average Bonchev–Trinajstić information content (AvgIpc) is 3.00. The zero-order valence-corrected chi connectivity index (χ0v) is 13.1. The number of carbonyl (C=O) groups excluding carboxylic acids is 1. The lowest BCUT2D eigenvalue weighted by atomic mass is 10.1. The Morgan fingerprint density at radius 1 is 1.22 bits per heavy atom. The van der Waals surface area contributed by atoms with Crippen LogP contribution in [0.25, 0.3) is 0 Å². The van der Waals surface area contributed by atoms with Gasteiger partial charge in [0.05, 0.1) is 22.8 Å². The minimum absolute atomic E-state index is 0.0945. The van der Waals surface area contributed by atoms with E-state index in [1.54, 1.807) is 6.07 Å². The molecule has 0 saturated carbocycles. The first kappa shape index (κ1) is 15.7. The summed E-state index contributed by atoms with van der Waals surface area (Å²) >= 11 is 0. The van der Waals surface area contributed by atoms with Gasteiger partial charge in [0.2, 0.25) is 0 Å². The highest BCUT2D eigenvalue weighted by molar-refractivity contribution is 7.91. The van der Waals surface area contributed by atoms with Crippen molar-refractivity contribution in [1.82, 2.24) is 4.90 Å². The van der Waals surface area contributed by atoms with Crippen LogP contribution in [0.4, 0.5) is 4.39 Å². The number of furan rings is 1. The molecule has 2 aromatic rings. The van der Waals surface area contributed by atoms with E-state index in [9.17, 15) is 17.6 Å². The number of hydrogen-bond donors (Lipinski definition) is 0. The topological polar surface area (TPSA) is 67.6 Å². The molecule has 0 bridgehead atoms. The number of rotatable bonds is 2. The lowest BCUT2D eigenvalue weighted by molar-refractivity contribution is 0.0766. The van der Waals surface area contributed by atoms with Crippen LogP contribution in [0, 0.1) is 5.82 Å². The van der Waals surface area contributed by atoms with Crippen molar-refractivity contribution >= 4 is 15.7 Å². The lowest BCUT2D eigenvalue weighted by Crippen LogP contribution is -2.33. The predicted octanol–water partition coefficient (Wildman–Crippen LogP) is 2.42. The SMILES string of the molecule is O=C(c1ccoc1)N1CC[C@@H](c2ccccc2F)S(=O)(=O)CC1. The third-order valence-corrected chi connectivity index (χ3v) is 6.16. The molecule has 122 valence electrons. The molecule has 1 fully saturated rings. The van der Waals surface area contributed by atoms with Gasteiger partial charge in [-0.25, -0.2) is 12.8 Å². The fourth-order valence-electron chi connectivity index (χ4n) is 2.80. The van der Waals surface area contributed by atoms with Gasteiger partial charge in [0, 0.05) is 18.7 Å². The maximum atomic E-state index is 14.0. The average molecular weight is 337 g/mol. The van der Waals surface area contributed by atoms with Gasteiger partial charge in [-0.15, -0.1) is 0 Å². The van der Waals surface area contributed by atoms with E-state index < -0.39 is 20.9 Å². The number of nitrogens with zero attached hydrogens (tertiary/aromatic N) is 1. The fourth-order valence-corrected chi connectivity index (χ4v) is 4.60. The molecule has 0 radical (unpaired) electrons. The van der Waals surface area contributed by atoms with E-state index in [0.717, 1.165) is 0 Å². The van der Waals surface area contributed by atoms with Crippen molar-refractivity contribution in [3.05, 3.63) is 59.8 Å². The van der Waals surface area contributed by atoms with Crippen LogP contribution < -0.4 is 0 Å². The molecule has 7 heteroatoms. The molecule has 1 aromatic heterocycles. The van der Waals surface area contributed by atoms with Crippen molar-refractivity contribution in [3.8, 4) is 0 Å². The molecule has 0 aliphatic carbocycles. The molecule has 1 aliphatic heterocycles. The Hall–Kier alpha value is -2.15. The molecule has 23 heavy (non-hydrogen) atoms. The lowest BCUT2D eigenvalue weighted by Gasteiger charge is -2.19. The number of halogens is 1. The largest absolute Gasteiger partial charge is 0.472 e. The van der Waals surface area contributed by atoms with Gasteiger partial charge in [-0.2, -0.15) is 0 Å². The van der Waals surface area contributed by atoms with Crippen LogP contribution in [0.3, 0.4) is 0 Å². The predicted molar refractivity (Wildman–Crippen MR) is 82.2 cm³/mol. The van der Waals surface area contributed by atoms with Crippen LogP contribution in [0.5, 0.6) is 0 Å². The highest BCUT2D eigenvalue weighted by Crippen LogP contribution is 2.31. The summed E-state index contributed by atoms with van der Waals surface area (Å²) in [6.07, 6.45) is 2.90. The maximum absolute atomic E-state index is 14.0. The second-order valence-corrected chi connectivity index (χ2v) is 7.77. The Balaban J connectivity index is 1.86. The summed E-state index contributed by atoms with van der Waals surface area (Å²) in [6.45, 7) is 0.347. The van der Waals surface area contributed by atoms with Crippen molar-refractivity contribution in [2.24, 2.45) is 0 Å².